The third kappa shape index (κ3) is 2.28. The zero-order valence-electron chi connectivity index (χ0n) is 10.3. The Labute approximate surface area is 116 Å². The van der Waals surface area contributed by atoms with E-state index in [1.807, 2.05) is 0 Å². The molecule has 0 bridgehead atoms. The van der Waals surface area contributed by atoms with Gasteiger partial charge in [-0.3, -0.25) is 0 Å². The molecule has 1 aliphatic heterocycles. The smallest absolute Gasteiger partial charge is 0.207 e. The highest BCUT2D eigenvalue weighted by Crippen LogP contribution is 2.26. The molecule has 3 rings (SSSR count). The first-order valence-corrected chi connectivity index (χ1v) is 7.38. The van der Waals surface area contributed by atoms with E-state index < -0.39 is 10.0 Å². The summed E-state index contributed by atoms with van der Waals surface area (Å²) in [4.78, 5) is 0.221. The molecule has 0 saturated heterocycles. The van der Waals surface area contributed by atoms with E-state index in [9.17, 15) is 12.8 Å². The lowest BCUT2D eigenvalue weighted by Crippen LogP contribution is -1.93. The number of allylic oxidation sites excluding steroid dienone is 1. The number of benzene rings is 2. The van der Waals surface area contributed by atoms with Crippen LogP contribution < -0.4 is 0 Å². The van der Waals surface area contributed by atoms with Gasteiger partial charge in [0.1, 0.15) is 5.82 Å². The molecule has 0 fully saturated rings. The van der Waals surface area contributed by atoms with E-state index in [2.05, 4.69) is 4.40 Å². The van der Waals surface area contributed by atoms with Gasteiger partial charge in [0.15, 0.2) is 0 Å². The summed E-state index contributed by atoms with van der Waals surface area (Å²) in [6.07, 6.45) is 3.33. The lowest BCUT2D eigenvalue weighted by atomic mass is 10.1. The van der Waals surface area contributed by atoms with Gasteiger partial charge in [-0.1, -0.05) is 36.4 Å². The van der Waals surface area contributed by atoms with Crippen LogP contribution in [0.3, 0.4) is 0 Å². The maximum atomic E-state index is 12.8. The molecule has 0 atom stereocenters. The third-order valence-electron chi connectivity index (χ3n) is 2.96. The van der Waals surface area contributed by atoms with Gasteiger partial charge in [0.25, 0.3) is 10.0 Å². The predicted octanol–water partition coefficient (Wildman–Crippen LogP) is 3.03. The summed E-state index contributed by atoms with van der Waals surface area (Å²) in [6, 6.07) is 12.6. The standard InChI is InChI=1S/C15H10FNO2S/c16-12-8-5-11(6-9-12)7-10-14-13-3-1-2-4-15(13)20(18,19)17-14/h1-10H. The van der Waals surface area contributed by atoms with Crippen molar-refractivity contribution >= 4 is 21.8 Å². The number of sulfonamides is 1. The Kier molecular flexibility index (Phi) is 2.99. The van der Waals surface area contributed by atoms with E-state index in [1.54, 1.807) is 42.5 Å². The van der Waals surface area contributed by atoms with Gasteiger partial charge in [-0.25, -0.2) is 4.39 Å². The molecule has 0 N–H and O–H groups in total. The Morgan fingerprint density at radius 3 is 2.40 bits per heavy atom. The Hall–Kier alpha value is -2.27. The fourth-order valence-corrected chi connectivity index (χ4v) is 3.22. The molecule has 1 aliphatic rings. The number of rotatable bonds is 2. The first-order chi connectivity index (χ1) is 9.56. The van der Waals surface area contributed by atoms with Gasteiger partial charge in [-0.15, -0.1) is 0 Å². The number of hydrogen-bond donors (Lipinski definition) is 0. The van der Waals surface area contributed by atoms with E-state index >= 15 is 0 Å². The van der Waals surface area contributed by atoms with Gasteiger partial charge in [0.05, 0.1) is 10.6 Å². The van der Waals surface area contributed by atoms with Crippen molar-refractivity contribution in [1.82, 2.24) is 0 Å². The molecule has 0 unspecified atom stereocenters. The molecule has 0 spiro atoms. The summed E-state index contributed by atoms with van der Waals surface area (Å²) in [6.45, 7) is 0. The predicted molar refractivity (Wildman–Crippen MR) is 75.6 cm³/mol. The highest BCUT2D eigenvalue weighted by atomic mass is 32.2. The Balaban J connectivity index is 1.98. The Morgan fingerprint density at radius 1 is 0.950 bits per heavy atom. The molecule has 2 aromatic rings. The van der Waals surface area contributed by atoms with Crippen molar-refractivity contribution in [2.75, 3.05) is 0 Å². The second kappa shape index (κ2) is 4.68. The summed E-state index contributed by atoms with van der Waals surface area (Å²) in [7, 11) is -3.59. The van der Waals surface area contributed by atoms with E-state index in [-0.39, 0.29) is 10.7 Å². The molecule has 3 nitrogen and oxygen atoms in total. The molecule has 0 radical (unpaired) electrons. The molecular weight excluding hydrogens is 277 g/mol. The number of nitrogens with zero attached hydrogens (tertiary/aromatic N) is 1. The fourth-order valence-electron chi connectivity index (χ4n) is 2.00. The average molecular weight is 287 g/mol. The summed E-state index contributed by atoms with van der Waals surface area (Å²) in [5.41, 5.74) is 1.76. The van der Waals surface area contributed by atoms with Gasteiger partial charge in [0, 0.05) is 5.56 Å². The molecule has 5 heteroatoms. The van der Waals surface area contributed by atoms with Gasteiger partial charge in [-0.2, -0.15) is 12.8 Å². The topological polar surface area (TPSA) is 46.5 Å². The molecule has 1 heterocycles. The highest BCUT2D eigenvalue weighted by Gasteiger charge is 2.26. The van der Waals surface area contributed by atoms with E-state index in [0.717, 1.165) is 5.56 Å². The summed E-state index contributed by atoms with van der Waals surface area (Å²) < 4.78 is 40.2. The van der Waals surface area contributed by atoms with Crippen molar-refractivity contribution < 1.29 is 12.8 Å². The van der Waals surface area contributed by atoms with Crippen LogP contribution in [0, 0.1) is 5.82 Å². The van der Waals surface area contributed by atoms with Crippen LogP contribution in [0.5, 0.6) is 0 Å². The SMILES string of the molecule is O=S1(=O)N=C(C=Cc2ccc(F)cc2)c2ccccc21. The molecule has 100 valence electrons. The van der Waals surface area contributed by atoms with Crippen LogP contribution in [0.4, 0.5) is 4.39 Å². The number of hydrogen-bond acceptors (Lipinski definition) is 2. The third-order valence-corrected chi connectivity index (χ3v) is 4.31. The van der Waals surface area contributed by atoms with Crippen molar-refractivity contribution in [2.24, 2.45) is 4.40 Å². The maximum absolute atomic E-state index is 12.8. The monoisotopic (exact) mass is 287 g/mol. The van der Waals surface area contributed by atoms with Crippen LogP contribution >= 0.6 is 0 Å². The summed E-state index contributed by atoms with van der Waals surface area (Å²) in [5.74, 6) is -0.312. The quantitative estimate of drug-likeness (QED) is 0.852. The van der Waals surface area contributed by atoms with E-state index in [4.69, 9.17) is 0 Å². The molecular formula is C15H10FNO2S. The van der Waals surface area contributed by atoms with Crippen molar-refractivity contribution in [3.8, 4) is 0 Å². The van der Waals surface area contributed by atoms with Gasteiger partial charge in [-0.05, 0) is 29.8 Å². The van der Waals surface area contributed by atoms with Crippen LogP contribution in [0.25, 0.3) is 6.08 Å². The van der Waals surface area contributed by atoms with Crippen LogP contribution in [0.15, 0.2) is 63.9 Å². The zero-order valence-corrected chi connectivity index (χ0v) is 11.1. The first-order valence-electron chi connectivity index (χ1n) is 5.94. The minimum atomic E-state index is -3.59. The van der Waals surface area contributed by atoms with Crippen LogP contribution in [0.2, 0.25) is 0 Å². The second-order valence-corrected chi connectivity index (χ2v) is 5.91. The van der Waals surface area contributed by atoms with Crippen molar-refractivity contribution in [3.05, 3.63) is 71.6 Å². The average Bonchev–Trinajstić information content (AvgIpc) is 2.70. The fraction of sp³-hybridized carbons (Fsp3) is 0. The Morgan fingerprint density at radius 2 is 1.65 bits per heavy atom. The molecule has 0 aromatic heterocycles. The zero-order chi connectivity index (χ0) is 14.2. The molecule has 0 aliphatic carbocycles. The van der Waals surface area contributed by atoms with Gasteiger partial charge >= 0.3 is 0 Å². The van der Waals surface area contributed by atoms with Crippen LogP contribution in [-0.4, -0.2) is 14.1 Å². The van der Waals surface area contributed by atoms with Crippen molar-refractivity contribution in [1.29, 1.82) is 0 Å². The normalized spacial score (nSPS) is 16.1. The largest absolute Gasteiger partial charge is 0.283 e. The first kappa shape index (κ1) is 12.7. The Bertz CT molecular complexity index is 821. The minimum Gasteiger partial charge on any atom is -0.207 e. The summed E-state index contributed by atoms with van der Waals surface area (Å²) in [5, 5.41) is 0. The van der Waals surface area contributed by atoms with E-state index in [1.165, 1.54) is 18.2 Å². The lowest BCUT2D eigenvalue weighted by molar-refractivity contribution is 0.599. The van der Waals surface area contributed by atoms with Gasteiger partial charge < -0.3 is 0 Å². The van der Waals surface area contributed by atoms with Crippen LogP contribution in [0.1, 0.15) is 11.1 Å². The summed E-state index contributed by atoms with van der Waals surface area (Å²) >= 11 is 0. The second-order valence-electron chi connectivity index (χ2n) is 4.33. The molecule has 0 amide bonds. The maximum Gasteiger partial charge on any atom is 0.283 e. The molecule has 2 aromatic carbocycles. The molecule has 0 saturated carbocycles. The number of fused-ring (bicyclic) bond motifs is 1. The lowest BCUT2D eigenvalue weighted by Gasteiger charge is -1.96. The van der Waals surface area contributed by atoms with Crippen molar-refractivity contribution in [3.63, 3.8) is 0 Å². The minimum absolute atomic E-state index is 0.221. The van der Waals surface area contributed by atoms with Crippen molar-refractivity contribution in [2.45, 2.75) is 4.90 Å². The molecule has 20 heavy (non-hydrogen) atoms. The van der Waals surface area contributed by atoms with E-state index in [0.29, 0.717) is 11.3 Å². The van der Waals surface area contributed by atoms with Crippen LogP contribution in [-0.2, 0) is 10.0 Å². The van der Waals surface area contributed by atoms with Gasteiger partial charge in [0.2, 0.25) is 0 Å². The number of halogens is 1. The highest BCUT2D eigenvalue weighted by molar-refractivity contribution is 7.90.